The van der Waals surface area contributed by atoms with Crippen molar-refractivity contribution < 1.29 is 14.3 Å². The molecular weight excluding hydrogens is 386 g/mol. The van der Waals surface area contributed by atoms with Gasteiger partial charge in [-0.25, -0.2) is 4.98 Å². The number of nitrogens with one attached hydrogen (secondary N) is 1. The SMILES string of the molecule is Cn1c(COc2ccc(CC3SC(=O)NC3=O)cc2)nc2ccc(Cl)cc21. The number of imide groups is 1. The lowest BCUT2D eigenvalue weighted by Gasteiger charge is -2.09. The van der Waals surface area contributed by atoms with Crippen LogP contribution in [0.2, 0.25) is 5.02 Å². The summed E-state index contributed by atoms with van der Waals surface area (Å²) < 4.78 is 7.80. The number of ether oxygens (including phenoxy) is 1. The molecule has 2 amide bonds. The highest BCUT2D eigenvalue weighted by Gasteiger charge is 2.31. The number of aromatic nitrogens is 2. The summed E-state index contributed by atoms with van der Waals surface area (Å²) in [5.41, 5.74) is 2.80. The van der Waals surface area contributed by atoms with Gasteiger partial charge in [0.05, 0.1) is 16.3 Å². The van der Waals surface area contributed by atoms with Gasteiger partial charge in [-0.1, -0.05) is 35.5 Å². The molecule has 8 heteroatoms. The van der Waals surface area contributed by atoms with E-state index >= 15 is 0 Å². The molecule has 138 valence electrons. The number of benzene rings is 2. The zero-order valence-electron chi connectivity index (χ0n) is 14.4. The van der Waals surface area contributed by atoms with Crippen LogP contribution in [0.5, 0.6) is 5.75 Å². The number of carbonyl (C=O) groups excluding carboxylic acids is 2. The maximum absolute atomic E-state index is 11.6. The normalized spacial score (nSPS) is 16.7. The first-order valence-electron chi connectivity index (χ1n) is 8.33. The van der Waals surface area contributed by atoms with Crippen LogP contribution in [0.1, 0.15) is 11.4 Å². The zero-order chi connectivity index (χ0) is 19.0. The summed E-state index contributed by atoms with van der Waals surface area (Å²) in [6.45, 7) is 0.331. The summed E-state index contributed by atoms with van der Waals surface area (Å²) in [4.78, 5) is 27.5. The van der Waals surface area contributed by atoms with Crippen LogP contribution >= 0.6 is 23.4 Å². The summed E-state index contributed by atoms with van der Waals surface area (Å²) in [5, 5.41) is 2.32. The number of nitrogens with zero attached hydrogens (tertiary/aromatic N) is 2. The Kier molecular flexibility index (Phi) is 4.80. The van der Waals surface area contributed by atoms with Crippen molar-refractivity contribution >= 4 is 45.5 Å². The Hall–Kier alpha value is -2.51. The number of carbonyl (C=O) groups is 2. The Morgan fingerprint density at radius 1 is 1.22 bits per heavy atom. The fourth-order valence-corrected chi connectivity index (χ4v) is 3.98. The van der Waals surface area contributed by atoms with Gasteiger partial charge in [0.2, 0.25) is 5.91 Å². The van der Waals surface area contributed by atoms with E-state index in [1.165, 1.54) is 0 Å². The molecule has 1 unspecified atom stereocenters. The van der Waals surface area contributed by atoms with E-state index in [1.807, 2.05) is 54.1 Å². The van der Waals surface area contributed by atoms with Crippen molar-refractivity contribution in [3.63, 3.8) is 0 Å². The lowest BCUT2D eigenvalue weighted by atomic mass is 10.1. The average Bonchev–Trinajstić information content (AvgIpc) is 3.13. The Balaban J connectivity index is 1.41. The molecule has 3 aromatic rings. The molecule has 0 bridgehead atoms. The predicted octanol–water partition coefficient (Wildman–Crippen LogP) is 3.70. The van der Waals surface area contributed by atoms with E-state index < -0.39 is 0 Å². The summed E-state index contributed by atoms with van der Waals surface area (Å²) in [5.74, 6) is 1.28. The maximum atomic E-state index is 11.6. The van der Waals surface area contributed by atoms with E-state index in [4.69, 9.17) is 16.3 Å². The monoisotopic (exact) mass is 401 g/mol. The van der Waals surface area contributed by atoms with E-state index in [1.54, 1.807) is 0 Å². The first-order valence-corrected chi connectivity index (χ1v) is 9.59. The number of hydrogen-bond acceptors (Lipinski definition) is 5. The standard InChI is InChI=1S/C19H16ClN3O3S/c1-23-15-9-12(20)4-7-14(15)21-17(23)10-26-13-5-2-11(3-6-13)8-16-18(24)22-19(25)27-16/h2-7,9,16H,8,10H2,1H3,(H,22,24,25). The van der Waals surface area contributed by atoms with E-state index in [9.17, 15) is 9.59 Å². The zero-order valence-corrected chi connectivity index (χ0v) is 16.0. The van der Waals surface area contributed by atoms with Crippen LogP contribution in [0, 0.1) is 0 Å². The van der Waals surface area contributed by atoms with Gasteiger partial charge < -0.3 is 9.30 Å². The van der Waals surface area contributed by atoms with E-state index in [0.29, 0.717) is 23.8 Å². The van der Waals surface area contributed by atoms with Crippen LogP contribution in [-0.2, 0) is 24.9 Å². The summed E-state index contributed by atoms with van der Waals surface area (Å²) in [7, 11) is 1.93. The largest absolute Gasteiger partial charge is 0.486 e. The molecule has 2 heterocycles. The topological polar surface area (TPSA) is 73.2 Å². The number of halogens is 1. The van der Waals surface area contributed by atoms with Crippen molar-refractivity contribution in [2.75, 3.05) is 0 Å². The van der Waals surface area contributed by atoms with Crippen molar-refractivity contribution in [2.24, 2.45) is 7.05 Å². The molecule has 1 aromatic heterocycles. The third kappa shape index (κ3) is 3.79. The molecule has 4 rings (SSSR count). The Bertz CT molecular complexity index is 1030. The van der Waals surface area contributed by atoms with Crippen LogP contribution in [0.3, 0.4) is 0 Å². The van der Waals surface area contributed by atoms with Gasteiger partial charge in [-0.3, -0.25) is 14.9 Å². The first-order chi connectivity index (χ1) is 13.0. The molecule has 1 N–H and O–H groups in total. The second-order valence-electron chi connectivity index (χ2n) is 6.24. The van der Waals surface area contributed by atoms with Gasteiger partial charge in [-0.05, 0) is 42.3 Å². The Labute approximate surface area is 164 Å². The van der Waals surface area contributed by atoms with Gasteiger partial charge in [-0.2, -0.15) is 0 Å². The minimum atomic E-state index is -0.365. The van der Waals surface area contributed by atoms with Crippen LogP contribution in [0.15, 0.2) is 42.5 Å². The Morgan fingerprint density at radius 2 is 2.00 bits per heavy atom. The quantitative estimate of drug-likeness (QED) is 0.705. The van der Waals surface area contributed by atoms with Gasteiger partial charge in [0, 0.05) is 12.1 Å². The molecule has 0 radical (unpaired) electrons. The van der Waals surface area contributed by atoms with Gasteiger partial charge >= 0.3 is 0 Å². The molecule has 0 aliphatic carbocycles. The Morgan fingerprint density at radius 3 is 2.70 bits per heavy atom. The number of rotatable bonds is 5. The third-order valence-corrected chi connectivity index (χ3v) is 5.63. The minimum Gasteiger partial charge on any atom is -0.486 e. The van der Waals surface area contributed by atoms with Gasteiger partial charge in [-0.15, -0.1) is 0 Å². The van der Waals surface area contributed by atoms with Crippen LogP contribution in [0.4, 0.5) is 4.79 Å². The fourth-order valence-electron chi connectivity index (χ4n) is 2.95. The average molecular weight is 402 g/mol. The highest BCUT2D eigenvalue weighted by molar-refractivity contribution is 8.15. The van der Waals surface area contributed by atoms with E-state index in [0.717, 1.165) is 34.2 Å². The number of amides is 2. The second-order valence-corrected chi connectivity index (χ2v) is 7.85. The van der Waals surface area contributed by atoms with Crippen molar-refractivity contribution in [1.29, 1.82) is 0 Å². The van der Waals surface area contributed by atoms with E-state index in [-0.39, 0.29) is 16.4 Å². The highest BCUT2D eigenvalue weighted by Crippen LogP contribution is 2.24. The number of hydrogen-bond donors (Lipinski definition) is 1. The summed E-state index contributed by atoms with van der Waals surface area (Å²) in [6.07, 6.45) is 0.508. The van der Waals surface area contributed by atoms with Crippen LogP contribution in [0.25, 0.3) is 11.0 Å². The lowest BCUT2D eigenvalue weighted by Crippen LogP contribution is -2.25. The van der Waals surface area contributed by atoms with Crippen LogP contribution in [-0.4, -0.2) is 25.9 Å². The molecule has 2 aromatic carbocycles. The third-order valence-electron chi connectivity index (χ3n) is 4.41. The van der Waals surface area contributed by atoms with Crippen molar-refractivity contribution in [2.45, 2.75) is 18.3 Å². The smallest absolute Gasteiger partial charge is 0.286 e. The molecule has 1 aliphatic heterocycles. The van der Waals surface area contributed by atoms with E-state index in [2.05, 4.69) is 10.3 Å². The van der Waals surface area contributed by atoms with Gasteiger partial charge in [0.25, 0.3) is 5.24 Å². The number of thioether (sulfide) groups is 1. The molecule has 0 saturated carbocycles. The van der Waals surface area contributed by atoms with Gasteiger partial charge in [0.15, 0.2) is 0 Å². The molecular formula is C19H16ClN3O3S. The predicted molar refractivity (Wildman–Crippen MR) is 105 cm³/mol. The minimum absolute atomic E-state index is 0.229. The van der Waals surface area contributed by atoms with Crippen molar-refractivity contribution in [1.82, 2.24) is 14.9 Å². The molecule has 1 fully saturated rings. The second kappa shape index (κ2) is 7.25. The molecule has 0 spiro atoms. The first kappa shape index (κ1) is 17.9. The molecule has 6 nitrogen and oxygen atoms in total. The fraction of sp³-hybridized carbons (Fsp3) is 0.211. The van der Waals surface area contributed by atoms with Crippen molar-refractivity contribution in [3.05, 3.63) is 58.9 Å². The molecule has 27 heavy (non-hydrogen) atoms. The highest BCUT2D eigenvalue weighted by atomic mass is 35.5. The summed E-state index contributed by atoms with van der Waals surface area (Å²) in [6, 6.07) is 13.1. The van der Waals surface area contributed by atoms with Crippen LogP contribution < -0.4 is 10.1 Å². The van der Waals surface area contributed by atoms with Gasteiger partial charge in [0.1, 0.15) is 18.2 Å². The summed E-state index contributed by atoms with van der Waals surface area (Å²) >= 11 is 7.08. The molecule has 1 saturated heterocycles. The molecule has 1 aliphatic rings. The maximum Gasteiger partial charge on any atom is 0.286 e. The lowest BCUT2D eigenvalue weighted by molar-refractivity contribution is -0.118. The number of aryl methyl sites for hydroxylation is 1. The number of fused-ring (bicyclic) bond motifs is 1. The number of imidazole rings is 1. The molecule has 1 atom stereocenters. The van der Waals surface area contributed by atoms with Crippen molar-refractivity contribution in [3.8, 4) is 5.75 Å².